The van der Waals surface area contributed by atoms with E-state index in [-0.39, 0.29) is 27.6 Å². The van der Waals surface area contributed by atoms with Crippen LogP contribution >= 0.6 is 23.2 Å². The summed E-state index contributed by atoms with van der Waals surface area (Å²) in [6.45, 7) is 1.76. The van der Waals surface area contributed by atoms with Gasteiger partial charge in [-0.2, -0.15) is 0 Å². The first-order valence-electron chi connectivity index (χ1n) is 9.54. The van der Waals surface area contributed by atoms with E-state index in [2.05, 4.69) is 5.32 Å². The van der Waals surface area contributed by atoms with Gasteiger partial charge in [0.15, 0.2) is 11.6 Å². The van der Waals surface area contributed by atoms with E-state index in [4.69, 9.17) is 33.0 Å². The van der Waals surface area contributed by atoms with Crippen molar-refractivity contribution in [3.8, 4) is 11.5 Å². The molecule has 3 aromatic rings. The highest BCUT2D eigenvalue weighted by Crippen LogP contribution is 2.28. The van der Waals surface area contributed by atoms with Crippen molar-refractivity contribution in [3.05, 3.63) is 93.2 Å². The molecule has 5 nitrogen and oxygen atoms in total. The van der Waals surface area contributed by atoms with Crippen LogP contribution in [0.15, 0.2) is 66.2 Å². The summed E-state index contributed by atoms with van der Waals surface area (Å²) in [7, 11) is 0. The Morgan fingerprint density at radius 1 is 1.03 bits per heavy atom. The summed E-state index contributed by atoms with van der Waals surface area (Å²) in [6.07, 6.45) is 1.96. The van der Waals surface area contributed by atoms with Gasteiger partial charge in [-0.3, -0.25) is 4.79 Å². The molecule has 32 heavy (non-hydrogen) atoms. The highest BCUT2D eigenvalue weighted by Gasteiger charge is 2.12. The second kappa shape index (κ2) is 10.3. The van der Waals surface area contributed by atoms with E-state index in [1.54, 1.807) is 37.3 Å². The Morgan fingerprint density at radius 3 is 2.34 bits per heavy atom. The molecule has 0 spiro atoms. The number of amides is 1. The van der Waals surface area contributed by atoms with Crippen molar-refractivity contribution in [2.75, 3.05) is 5.32 Å². The SMILES string of the molecule is CCC(=Cc1ccc(Oc2ccc(NC(=O)c3ccc(Cl)c(Cl)c3)cc2F)cc1)C(=O)O. The molecule has 3 aromatic carbocycles. The van der Waals surface area contributed by atoms with Gasteiger partial charge in [-0.05, 0) is 60.5 Å². The van der Waals surface area contributed by atoms with Crippen molar-refractivity contribution >= 4 is 46.8 Å². The molecule has 0 bridgehead atoms. The summed E-state index contributed by atoms with van der Waals surface area (Å²) in [4.78, 5) is 23.4. The lowest BCUT2D eigenvalue weighted by atomic mass is 10.1. The van der Waals surface area contributed by atoms with Gasteiger partial charge in [0, 0.05) is 22.9 Å². The van der Waals surface area contributed by atoms with Crippen LogP contribution in [0.25, 0.3) is 6.08 Å². The Bertz CT molecular complexity index is 1190. The molecule has 164 valence electrons. The number of rotatable bonds is 7. The summed E-state index contributed by atoms with van der Waals surface area (Å²) in [5, 5.41) is 12.3. The van der Waals surface area contributed by atoms with Crippen molar-refractivity contribution in [2.45, 2.75) is 13.3 Å². The molecule has 8 heteroatoms. The fourth-order valence-corrected chi connectivity index (χ4v) is 3.08. The van der Waals surface area contributed by atoms with Crippen LogP contribution in [-0.2, 0) is 4.79 Å². The molecule has 0 aliphatic rings. The zero-order valence-electron chi connectivity index (χ0n) is 16.9. The van der Waals surface area contributed by atoms with Crippen molar-refractivity contribution < 1.29 is 23.8 Å². The second-order valence-electron chi connectivity index (χ2n) is 6.73. The fourth-order valence-electron chi connectivity index (χ4n) is 2.78. The smallest absolute Gasteiger partial charge is 0.331 e. The Morgan fingerprint density at radius 2 is 1.75 bits per heavy atom. The lowest BCUT2D eigenvalue weighted by molar-refractivity contribution is -0.132. The molecule has 0 aliphatic heterocycles. The number of hydrogen-bond donors (Lipinski definition) is 2. The highest BCUT2D eigenvalue weighted by molar-refractivity contribution is 6.42. The van der Waals surface area contributed by atoms with Crippen molar-refractivity contribution in [1.82, 2.24) is 0 Å². The topological polar surface area (TPSA) is 75.6 Å². The predicted molar refractivity (Wildman–Crippen MR) is 123 cm³/mol. The third kappa shape index (κ3) is 5.87. The molecular weight excluding hydrogens is 456 g/mol. The van der Waals surface area contributed by atoms with E-state index in [0.29, 0.717) is 22.8 Å². The van der Waals surface area contributed by atoms with Gasteiger partial charge in [0.2, 0.25) is 0 Å². The van der Waals surface area contributed by atoms with E-state index in [1.807, 2.05) is 0 Å². The number of carbonyl (C=O) groups excluding carboxylic acids is 1. The van der Waals surface area contributed by atoms with Gasteiger partial charge >= 0.3 is 5.97 Å². The average molecular weight is 474 g/mol. The quantitative estimate of drug-likeness (QED) is 0.360. The predicted octanol–water partition coefficient (Wildman–Crippen LogP) is 7.06. The number of carboxylic acid groups (broad SMARTS) is 1. The summed E-state index contributed by atoms with van der Waals surface area (Å²) >= 11 is 11.8. The number of nitrogens with one attached hydrogen (secondary N) is 1. The number of carboxylic acids is 1. The number of benzene rings is 3. The lowest BCUT2D eigenvalue weighted by Gasteiger charge is -2.10. The first-order valence-corrected chi connectivity index (χ1v) is 10.3. The Balaban J connectivity index is 1.69. The van der Waals surface area contributed by atoms with Crippen molar-refractivity contribution in [1.29, 1.82) is 0 Å². The van der Waals surface area contributed by atoms with Crippen LogP contribution in [0.2, 0.25) is 10.0 Å². The van der Waals surface area contributed by atoms with E-state index in [0.717, 1.165) is 6.07 Å². The van der Waals surface area contributed by atoms with Crippen LogP contribution in [-0.4, -0.2) is 17.0 Å². The molecule has 0 heterocycles. The van der Waals surface area contributed by atoms with Gasteiger partial charge in [0.25, 0.3) is 5.91 Å². The molecule has 0 fully saturated rings. The monoisotopic (exact) mass is 473 g/mol. The van der Waals surface area contributed by atoms with E-state index in [1.165, 1.54) is 30.3 Å². The van der Waals surface area contributed by atoms with Crippen molar-refractivity contribution in [3.63, 3.8) is 0 Å². The van der Waals surface area contributed by atoms with E-state index >= 15 is 0 Å². The number of halogens is 3. The minimum Gasteiger partial charge on any atom is -0.478 e. The van der Waals surface area contributed by atoms with E-state index < -0.39 is 17.7 Å². The molecule has 2 N–H and O–H groups in total. The largest absolute Gasteiger partial charge is 0.478 e. The Labute approximate surface area is 194 Å². The third-order valence-electron chi connectivity index (χ3n) is 4.48. The zero-order chi connectivity index (χ0) is 23.3. The summed E-state index contributed by atoms with van der Waals surface area (Å²) in [6, 6.07) is 15.1. The molecular formula is C24H18Cl2FNO4. The van der Waals surface area contributed by atoms with Gasteiger partial charge in [-0.25, -0.2) is 9.18 Å². The number of aliphatic carboxylic acids is 1. The van der Waals surface area contributed by atoms with Gasteiger partial charge in [0.05, 0.1) is 10.0 Å². The van der Waals surface area contributed by atoms with Gasteiger partial charge in [0.1, 0.15) is 5.75 Å². The summed E-state index contributed by atoms with van der Waals surface area (Å²) in [5.41, 5.74) is 1.50. The maximum Gasteiger partial charge on any atom is 0.331 e. The number of hydrogen-bond acceptors (Lipinski definition) is 3. The second-order valence-corrected chi connectivity index (χ2v) is 7.54. The standard InChI is InChI=1S/C24H18Cl2FNO4/c1-2-15(24(30)31)11-14-3-7-18(8-4-14)32-22-10-6-17(13-21(22)27)28-23(29)16-5-9-19(25)20(26)12-16/h3-13H,2H2,1H3,(H,28,29)(H,30,31). The summed E-state index contributed by atoms with van der Waals surface area (Å²) < 4.78 is 20.1. The molecule has 0 saturated heterocycles. The Hall–Kier alpha value is -3.35. The normalized spacial score (nSPS) is 11.2. The van der Waals surface area contributed by atoms with Crippen LogP contribution in [0.3, 0.4) is 0 Å². The fraction of sp³-hybridized carbons (Fsp3) is 0.0833. The molecule has 0 unspecified atom stereocenters. The molecule has 0 saturated carbocycles. The van der Waals surface area contributed by atoms with Crippen LogP contribution < -0.4 is 10.1 Å². The van der Waals surface area contributed by atoms with Crippen LogP contribution in [0.4, 0.5) is 10.1 Å². The van der Waals surface area contributed by atoms with Crippen LogP contribution in [0.5, 0.6) is 11.5 Å². The number of carbonyl (C=O) groups is 2. The van der Waals surface area contributed by atoms with Crippen molar-refractivity contribution in [2.24, 2.45) is 0 Å². The molecule has 0 aliphatic carbocycles. The van der Waals surface area contributed by atoms with Gasteiger partial charge in [-0.15, -0.1) is 0 Å². The highest BCUT2D eigenvalue weighted by atomic mass is 35.5. The minimum atomic E-state index is -0.971. The first kappa shape index (κ1) is 23.3. The molecule has 0 atom stereocenters. The maximum absolute atomic E-state index is 14.5. The Kier molecular flexibility index (Phi) is 7.51. The van der Waals surface area contributed by atoms with Crippen LogP contribution in [0, 0.1) is 5.82 Å². The number of anilines is 1. The van der Waals surface area contributed by atoms with Gasteiger partial charge in [-0.1, -0.05) is 42.3 Å². The molecule has 0 aromatic heterocycles. The summed E-state index contributed by atoms with van der Waals surface area (Å²) in [5.74, 6) is -1.75. The average Bonchev–Trinajstić information content (AvgIpc) is 2.76. The van der Waals surface area contributed by atoms with Crippen LogP contribution in [0.1, 0.15) is 29.3 Å². The first-order chi connectivity index (χ1) is 15.3. The van der Waals surface area contributed by atoms with E-state index in [9.17, 15) is 14.0 Å². The molecule has 1 amide bonds. The number of ether oxygens (including phenoxy) is 1. The molecule has 0 radical (unpaired) electrons. The maximum atomic E-state index is 14.5. The zero-order valence-corrected chi connectivity index (χ0v) is 18.4. The lowest BCUT2D eigenvalue weighted by Crippen LogP contribution is -2.12. The third-order valence-corrected chi connectivity index (χ3v) is 5.21. The molecule has 3 rings (SSSR count). The minimum absolute atomic E-state index is 0.0272. The van der Waals surface area contributed by atoms with Gasteiger partial charge < -0.3 is 15.2 Å².